The number of aromatic hydroxyl groups is 1. The fourth-order valence-corrected chi connectivity index (χ4v) is 2.52. The Kier molecular flexibility index (Phi) is 5.95. The molecule has 0 aromatic heterocycles. The highest BCUT2D eigenvalue weighted by molar-refractivity contribution is 5.78. The van der Waals surface area contributed by atoms with Gasteiger partial charge < -0.3 is 15.2 Å². The summed E-state index contributed by atoms with van der Waals surface area (Å²) in [5.74, 6) is 1.73. The lowest BCUT2D eigenvalue weighted by atomic mass is 10.0. The number of aliphatic imine (C=N–C) groups is 1. The minimum absolute atomic E-state index is 0.213. The molecule has 5 heteroatoms. The van der Waals surface area contributed by atoms with Crippen molar-refractivity contribution in [3.63, 3.8) is 0 Å². The minimum Gasteiger partial charge on any atom is -0.508 e. The normalized spacial score (nSPS) is 10.2. The average molecular weight is 326 g/mol. The zero-order valence-corrected chi connectivity index (χ0v) is 14.0. The van der Waals surface area contributed by atoms with E-state index in [4.69, 9.17) is 4.74 Å². The van der Waals surface area contributed by atoms with Crippen molar-refractivity contribution in [1.82, 2.24) is 5.32 Å². The molecule has 0 saturated heterocycles. The monoisotopic (exact) mass is 326 g/mol. The molecule has 2 rings (SSSR count). The third kappa shape index (κ3) is 4.84. The van der Waals surface area contributed by atoms with Crippen LogP contribution < -0.4 is 10.1 Å². The summed E-state index contributed by atoms with van der Waals surface area (Å²) >= 11 is 0. The van der Waals surface area contributed by atoms with E-state index < -0.39 is 0 Å². The first kappa shape index (κ1) is 17.5. The quantitative estimate of drug-likeness (QED) is 0.619. The van der Waals surface area contributed by atoms with Gasteiger partial charge in [0.05, 0.1) is 0 Å². The SMILES string of the molecule is C=NC(=O)NCCCc1cc(C)c(Oc2ccc(O)cc2)c(C)c1. The number of urea groups is 1. The summed E-state index contributed by atoms with van der Waals surface area (Å²) in [6.07, 6.45) is 1.69. The molecule has 24 heavy (non-hydrogen) atoms. The largest absolute Gasteiger partial charge is 0.508 e. The first-order valence-corrected chi connectivity index (χ1v) is 7.81. The van der Waals surface area contributed by atoms with E-state index in [-0.39, 0.29) is 11.8 Å². The van der Waals surface area contributed by atoms with Gasteiger partial charge in [0.15, 0.2) is 0 Å². The van der Waals surface area contributed by atoms with Gasteiger partial charge in [-0.2, -0.15) is 0 Å². The number of nitrogens with one attached hydrogen (secondary N) is 1. The van der Waals surface area contributed by atoms with E-state index in [0.29, 0.717) is 12.3 Å². The number of benzene rings is 2. The summed E-state index contributed by atoms with van der Waals surface area (Å²) in [4.78, 5) is 14.3. The Labute approximate surface area is 142 Å². The summed E-state index contributed by atoms with van der Waals surface area (Å²) in [5, 5.41) is 12.0. The Morgan fingerprint density at radius 2 is 1.83 bits per heavy atom. The zero-order valence-electron chi connectivity index (χ0n) is 14.0. The van der Waals surface area contributed by atoms with Crippen molar-refractivity contribution < 1.29 is 14.6 Å². The number of phenols is 1. The molecule has 126 valence electrons. The van der Waals surface area contributed by atoms with E-state index in [1.807, 2.05) is 13.8 Å². The molecule has 0 unspecified atom stereocenters. The van der Waals surface area contributed by atoms with Crippen molar-refractivity contribution in [2.75, 3.05) is 6.54 Å². The van der Waals surface area contributed by atoms with Crippen molar-refractivity contribution in [3.8, 4) is 17.2 Å². The standard InChI is InChI=1S/C19H22N2O3/c1-13-11-15(5-4-10-21-19(23)20-3)12-14(2)18(13)24-17-8-6-16(22)7-9-17/h6-9,11-12,22H,3-5,10H2,1-2H3,(H,21,23). The fraction of sp³-hybridized carbons (Fsp3) is 0.263. The number of carbonyl (C=O) groups is 1. The summed E-state index contributed by atoms with van der Waals surface area (Å²) in [7, 11) is 0. The summed E-state index contributed by atoms with van der Waals surface area (Å²) in [6, 6.07) is 10.5. The van der Waals surface area contributed by atoms with Crippen LogP contribution in [0.1, 0.15) is 23.1 Å². The van der Waals surface area contributed by atoms with E-state index in [1.165, 1.54) is 5.56 Å². The Morgan fingerprint density at radius 1 is 1.21 bits per heavy atom. The van der Waals surface area contributed by atoms with Gasteiger partial charge in [0.1, 0.15) is 17.2 Å². The molecule has 0 saturated carbocycles. The van der Waals surface area contributed by atoms with Crippen LogP contribution in [0.2, 0.25) is 0 Å². The number of amides is 2. The predicted octanol–water partition coefficient (Wildman–Crippen LogP) is 4.14. The number of rotatable bonds is 6. The maximum Gasteiger partial charge on any atom is 0.340 e. The van der Waals surface area contributed by atoms with Gasteiger partial charge in [-0.1, -0.05) is 12.1 Å². The summed E-state index contributed by atoms with van der Waals surface area (Å²) in [5.41, 5.74) is 3.30. The maximum absolute atomic E-state index is 11.0. The van der Waals surface area contributed by atoms with E-state index in [1.54, 1.807) is 24.3 Å². The van der Waals surface area contributed by atoms with Gasteiger partial charge in [-0.15, -0.1) is 0 Å². The maximum atomic E-state index is 11.0. The second-order valence-electron chi connectivity index (χ2n) is 5.65. The first-order chi connectivity index (χ1) is 11.5. The van der Waals surface area contributed by atoms with Gasteiger partial charge >= 0.3 is 6.03 Å². The fourth-order valence-electron chi connectivity index (χ4n) is 2.52. The summed E-state index contributed by atoms with van der Waals surface area (Å²) in [6.45, 7) is 7.77. The van der Waals surface area contributed by atoms with Crippen molar-refractivity contribution in [2.24, 2.45) is 4.99 Å². The number of phenolic OH excluding ortho intramolecular Hbond substituents is 1. The van der Waals surface area contributed by atoms with Crippen molar-refractivity contribution >= 4 is 12.7 Å². The molecule has 0 aliphatic rings. The van der Waals surface area contributed by atoms with E-state index in [2.05, 4.69) is 29.2 Å². The third-order valence-corrected chi connectivity index (χ3v) is 3.64. The van der Waals surface area contributed by atoms with Crippen LogP contribution in [-0.4, -0.2) is 24.4 Å². The lowest BCUT2D eigenvalue weighted by molar-refractivity contribution is 0.249. The number of carbonyl (C=O) groups excluding carboxylic acids is 1. The minimum atomic E-state index is -0.389. The average Bonchev–Trinajstić information content (AvgIpc) is 2.56. The molecular weight excluding hydrogens is 304 g/mol. The van der Waals surface area contributed by atoms with Crippen LogP contribution in [0.15, 0.2) is 41.4 Å². The van der Waals surface area contributed by atoms with Crippen LogP contribution in [0, 0.1) is 13.8 Å². The van der Waals surface area contributed by atoms with E-state index >= 15 is 0 Å². The first-order valence-electron chi connectivity index (χ1n) is 7.81. The molecule has 0 aliphatic carbocycles. The Balaban J connectivity index is 2.01. The molecule has 2 N–H and O–H groups in total. The number of ether oxygens (including phenoxy) is 1. The highest BCUT2D eigenvalue weighted by atomic mass is 16.5. The highest BCUT2D eigenvalue weighted by Gasteiger charge is 2.08. The lowest BCUT2D eigenvalue weighted by Crippen LogP contribution is -2.20. The lowest BCUT2D eigenvalue weighted by Gasteiger charge is -2.14. The number of hydrogen-bond donors (Lipinski definition) is 2. The van der Waals surface area contributed by atoms with Gasteiger partial charge in [-0.05, 0) is 74.4 Å². The smallest absolute Gasteiger partial charge is 0.340 e. The van der Waals surface area contributed by atoms with Crippen molar-refractivity contribution in [2.45, 2.75) is 26.7 Å². The predicted molar refractivity (Wildman–Crippen MR) is 95.4 cm³/mol. The molecule has 0 atom stereocenters. The van der Waals surface area contributed by atoms with E-state index in [0.717, 1.165) is 29.7 Å². The van der Waals surface area contributed by atoms with E-state index in [9.17, 15) is 9.90 Å². The molecule has 2 aromatic carbocycles. The van der Waals surface area contributed by atoms with Crippen LogP contribution >= 0.6 is 0 Å². The van der Waals surface area contributed by atoms with Crippen molar-refractivity contribution in [1.29, 1.82) is 0 Å². The van der Waals surface area contributed by atoms with Gasteiger partial charge in [0.25, 0.3) is 0 Å². The van der Waals surface area contributed by atoms with Crippen LogP contribution in [0.4, 0.5) is 4.79 Å². The number of nitrogens with zero attached hydrogens (tertiary/aromatic N) is 1. The Morgan fingerprint density at radius 3 is 2.42 bits per heavy atom. The molecule has 0 radical (unpaired) electrons. The van der Waals surface area contributed by atoms with Gasteiger partial charge in [0, 0.05) is 6.54 Å². The molecule has 0 spiro atoms. The molecule has 0 heterocycles. The van der Waals surface area contributed by atoms with Crippen LogP contribution in [0.25, 0.3) is 0 Å². The highest BCUT2D eigenvalue weighted by Crippen LogP contribution is 2.30. The van der Waals surface area contributed by atoms with Gasteiger partial charge in [-0.25, -0.2) is 9.79 Å². The molecule has 0 bridgehead atoms. The second kappa shape index (κ2) is 8.15. The van der Waals surface area contributed by atoms with Crippen LogP contribution in [0.3, 0.4) is 0 Å². The zero-order chi connectivity index (χ0) is 17.5. The van der Waals surface area contributed by atoms with Crippen LogP contribution in [-0.2, 0) is 6.42 Å². The molecule has 0 fully saturated rings. The molecule has 5 nitrogen and oxygen atoms in total. The van der Waals surface area contributed by atoms with Gasteiger partial charge in [0.2, 0.25) is 0 Å². The Hall–Kier alpha value is -2.82. The second-order valence-corrected chi connectivity index (χ2v) is 5.65. The topological polar surface area (TPSA) is 70.9 Å². The van der Waals surface area contributed by atoms with Crippen molar-refractivity contribution in [3.05, 3.63) is 53.1 Å². The number of aryl methyl sites for hydroxylation is 3. The molecule has 0 aliphatic heterocycles. The number of hydrogen-bond acceptors (Lipinski definition) is 3. The molecule has 2 amide bonds. The summed E-state index contributed by atoms with van der Waals surface area (Å²) < 4.78 is 5.93. The van der Waals surface area contributed by atoms with Gasteiger partial charge in [-0.3, -0.25) is 0 Å². The molecular formula is C19H22N2O3. The van der Waals surface area contributed by atoms with Crippen LogP contribution in [0.5, 0.6) is 17.2 Å². The molecule has 2 aromatic rings. The third-order valence-electron chi connectivity index (χ3n) is 3.64. The Bertz CT molecular complexity index is 701.